The third kappa shape index (κ3) is 4.54. The van der Waals surface area contributed by atoms with Crippen molar-refractivity contribution in [1.82, 2.24) is 5.32 Å². The Balaban J connectivity index is 2.63. The molecule has 0 saturated carbocycles. The molecule has 1 rings (SSSR count). The van der Waals surface area contributed by atoms with Crippen molar-refractivity contribution in [2.24, 2.45) is 0 Å². The summed E-state index contributed by atoms with van der Waals surface area (Å²) < 4.78 is 0. The smallest absolute Gasteiger partial charge is 0.220 e. The van der Waals surface area contributed by atoms with E-state index in [1.165, 1.54) is 0 Å². The Bertz CT molecular complexity index is 396. The molecule has 0 aromatic heterocycles. The highest BCUT2D eigenvalue weighted by Gasteiger charge is 2.12. The largest absolute Gasteiger partial charge is 0.396 e. The number of nitrogens with one attached hydrogen (secondary N) is 1. The van der Waals surface area contributed by atoms with Crippen molar-refractivity contribution in [2.45, 2.75) is 25.8 Å². The Hall–Kier alpha value is -0.770. The van der Waals surface area contributed by atoms with Gasteiger partial charge in [-0.05, 0) is 31.0 Å². The highest BCUT2D eigenvalue weighted by Crippen LogP contribution is 2.26. The van der Waals surface area contributed by atoms with Gasteiger partial charge >= 0.3 is 0 Å². The van der Waals surface area contributed by atoms with Crippen molar-refractivity contribution in [3.8, 4) is 0 Å². The van der Waals surface area contributed by atoms with Gasteiger partial charge in [0.1, 0.15) is 0 Å². The van der Waals surface area contributed by atoms with Crippen LogP contribution in [0.25, 0.3) is 0 Å². The van der Waals surface area contributed by atoms with E-state index in [-0.39, 0.29) is 18.6 Å². The van der Waals surface area contributed by atoms with E-state index in [1.807, 2.05) is 6.92 Å². The van der Waals surface area contributed by atoms with Crippen molar-refractivity contribution in [1.29, 1.82) is 0 Å². The van der Waals surface area contributed by atoms with E-state index in [9.17, 15) is 4.79 Å². The monoisotopic (exact) mass is 275 g/mol. The molecule has 1 unspecified atom stereocenters. The van der Waals surface area contributed by atoms with Gasteiger partial charge in [0.2, 0.25) is 5.91 Å². The number of aliphatic hydroxyl groups is 1. The van der Waals surface area contributed by atoms with E-state index >= 15 is 0 Å². The van der Waals surface area contributed by atoms with Gasteiger partial charge in [0.15, 0.2) is 0 Å². The number of benzene rings is 1. The van der Waals surface area contributed by atoms with Crippen molar-refractivity contribution >= 4 is 29.1 Å². The Morgan fingerprint density at radius 2 is 2.18 bits per heavy atom. The van der Waals surface area contributed by atoms with Crippen LogP contribution in [0.1, 0.15) is 31.4 Å². The fourth-order valence-corrected chi connectivity index (χ4v) is 2.06. The fourth-order valence-electron chi connectivity index (χ4n) is 1.48. The summed E-state index contributed by atoms with van der Waals surface area (Å²) in [6.07, 6.45) is 0.777. The van der Waals surface area contributed by atoms with Gasteiger partial charge in [0, 0.05) is 23.1 Å². The van der Waals surface area contributed by atoms with Gasteiger partial charge < -0.3 is 10.4 Å². The van der Waals surface area contributed by atoms with Crippen LogP contribution < -0.4 is 5.32 Å². The normalized spacial score (nSPS) is 12.2. The molecule has 0 aliphatic rings. The average Bonchev–Trinajstić information content (AvgIpc) is 2.26. The summed E-state index contributed by atoms with van der Waals surface area (Å²) in [5, 5.41) is 12.5. The first kappa shape index (κ1) is 14.3. The number of carbonyl (C=O) groups is 1. The third-order valence-corrected chi connectivity index (χ3v) is 2.93. The number of hydrogen-bond acceptors (Lipinski definition) is 2. The zero-order chi connectivity index (χ0) is 12.8. The van der Waals surface area contributed by atoms with Crippen LogP contribution in [-0.2, 0) is 4.79 Å². The SMILES string of the molecule is CC(NC(=O)CCCO)c1ccc(Cl)cc1Cl. The summed E-state index contributed by atoms with van der Waals surface area (Å²) in [7, 11) is 0. The summed E-state index contributed by atoms with van der Waals surface area (Å²) >= 11 is 11.8. The molecule has 0 saturated heterocycles. The second-order valence-corrected chi connectivity index (χ2v) is 4.63. The van der Waals surface area contributed by atoms with Crippen molar-refractivity contribution < 1.29 is 9.90 Å². The lowest BCUT2D eigenvalue weighted by molar-refractivity contribution is -0.122. The molecule has 1 amide bonds. The zero-order valence-corrected chi connectivity index (χ0v) is 11.1. The molecule has 94 valence electrons. The number of aliphatic hydroxyl groups excluding tert-OH is 1. The molecule has 1 aromatic carbocycles. The van der Waals surface area contributed by atoms with Crippen LogP contribution in [0.5, 0.6) is 0 Å². The number of amides is 1. The maximum atomic E-state index is 11.5. The highest BCUT2D eigenvalue weighted by molar-refractivity contribution is 6.35. The molecule has 1 aromatic rings. The van der Waals surface area contributed by atoms with Crippen molar-refractivity contribution in [2.75, 3.05) is 6.61 Å². The quantitative estimate of drug-likeness (QED) is 0.868. The van der Waals surface area contributed by atoms with Gasteiger partial charge in [0.25, 0.3) is 0 Å². The molecule has 0 radical (unpaired) electrons. The summed E-state index contributed by atoms with van der Waals surface area (Å²) in [5.41, 5.74) is 0.827. The molecular weight excluding hydrogens is 261 g/mol. The lowest BCUT2D eigenvalue weighted by atomic mass is 10.1. The lowest BCUT2D eigenvalue weighted by Crippen LogP contribution is -2.26. The van der Waals surface area contributed by atoms with Crippen LogP contribution in [-0.4, -0.2) is 17.6 Å². The van der Waals surface area contributed by atoms with Gasteiger partial charge in [-0.1, -0.05) is 29.3 Å². The summed E-state index contributed by atoms with van der Waals surface area (Å²) in [6, 6.07) is 5.00. The van der Waals surface area contributed by atoms with Crippen molar-refractivity contribution in [3.63, 3.8) is 0 Å². The predicted octanol–water partition coefficient (Wildman–Crippen LogP) is 2.94. The number of carbonyl (C=O) groups excluding carboxylic acids is 1. The molecule has 0 bridgehead atoms. The molecule has 3 nitrogen and oxygen atoms in total. The Morgan fingerprint density at radius 3 is 2.76 bits per heavy atom. The summed E-state index contributed by atoms with van der Waals surface area (Å²) in [4.78, 5) is 11.5. The van der Waals surface area contributed by atoms with Crippen molar-refractivity contribution in [3.05, 3.63) is 33.8 Å². The van der Waals surface area contributed by atoms with E-state index < -0.39 is 0 Å². The molecule has 0 heterocycles. The highest BCUT2D eigenvalue weighted by atomic mass is 35.5. The molecule has 0 aliphatic heterocycles. The third-order valence-electron chi connectivity index (χ3n) is 2.37. The first-order chi connectivity index (χ1) is 8.04. The van der Waals surface area contributed by atoms with Gasteiger partial charge in [-0.25, -0.2) is 0 Å². The minimum absolute atomic E-state index is 0.0174. The second-order valence-electron chi connectivity index (χ2n) is 3.78. The maximum Gasteiger partial charge on any atom is 0.220 e. The molecule has 2 N–H and O–H groups in total. The minimum Gasteiger partial charge on any atom is -0.396 e. The molecule has 0 aliphatic carbocycles. The average molecular weight is 276 g/mol. The predicted molar refractivity (Wildman–Crippen MR) is 69.3 cm³/mol. The fraction of sp³-hybridized carbons (Fsp3) is 0.417. The van der Waals surface area contributed by atoms with Crippen LogP contribution in [0.3, 0.4) is 0 Å². The molecular formula is C12H15Cl2NO2. The van der Waals surface area contributed by atoms with Crippen LogP contribution >= 0.6 is 23.2 Å². The van der Waals surface area contributed by atoms with Crippen LogP contribution in [0, 0.1) is 0 Å². The van der Waals surface area contributed by atoms with E-state index in [0.29, 0.717) is 22.9 Å². The zero-order valence-electron chi connectivity index (χ0n) is 9.54. The Morgan fingerprint density at radius 1 is 1.47 bits per heavy atom. The van der Waals surface area contributed by atoms with E-state index in [0.717, 1.165) is 5.56 Å². The number of halogens is 2. The molecule has 5 heteroatoms. The molecule has 0 fully saturated rings. The van der Waals surface area contributed by atoms with Crippen LogP contribution in [0.2, 0.25) is 10.0 Å². The Kier molecular flexibility index (Phi) is 5.75. The maximum absolute atomic E-state index is 11.5. The topological polar surface area (TPSA) is 49.3 Å². The minimum atomic E-state index is -0.175. The Labute approximate surface area is 111 Å². The number of hydrogen-bond donors (Lipinski definition) is 2. The molecule has 17 heavy (non-hydrogen) atoms. The standard InChI is InChI=1S/C12H15Cl2NO2/c1-8(15-12(17)3-2-6-16)10-5-4-9(13)7-11(10)14/h4-5,7-8,16H,2-3,6H2,1H3,(H,15,17). The first-order valence-corrected chi connectivity index (χ1v) is 6.15. The van der Waals surface area contributed by atoms with Crippen LogP contribution in [0.4, 0.5) is 0 Å². The van der Waals surface area contributed by atoms with E-state index in [1.54, 1.807) is 18.2 Å². The van der Waals surface area contributed by atoms with Gasteiger partial charge in [-0.3, -0.25) is 4.79 Å². The lowest BCUT2D eigenvalue weighted by Gasteiger charge is -2.15. The molecule has 1 atom stereocenters. The molecule has 0 spiro atoms. The second kappa shape index (κ2) is 6.84. The van der Waals surface area contributed by atoms with Gasteiger partial charge in [-0.2, -0.15) is 0 Å². The first-order valence-electron chi connectivity index (χ1n) is 5.39. The number of rotatable bonds is 5. The summed E-state index contributed by atoms with van der Waals surface area (Å²) in [6.45, 7) is 1.87. The van der Waals surface area contributed by atoms with Crippen LogP contribution in [0.15, 0.2) is 18.2 Å². The van der Waals surface area contributed by atoms with E-state index in [4.69, 9.17) is 28.3 Å². The van der Waals surface area contributed by atoms with Gasteiger partial charge in [-0.15, -0.1) is 0 Å². The van der Waals surface area contributed by atoms with E-state index in [2.05, 4.69) is 5.32 Å². The summed E-state index contributed by atoms with van der Waals surface area (Å²) in [5.74, 6) is -0.0995. The van der Waals surface area contributed by atoms with Gasteiger partial charge in [0.05, 0.1) is 6.04 Å².